The maximum atomic E-state index is 6.17. The first kappa shape index (κ1) is 18.9. The Morgan fingerprint density at radius 3 is 2.10 bits per heavy atom. The molecule has 31 heavy (non-hydrogen) atoms. The molecule has 0 amide bonds. The third-order valence-corrected chi connectivity index (χ3v) is 5.63. The van der Waals surface area contributed by atoms with Crippen LogP contribution in [-0.2, 0) is 0 Å². The number of hydrogen-bond acceptors (Lipinski definition) is 1. The van der Waals surface area contributed by atoms with E-state index in [4.69, 9.17) is 5.73 Å². The largest absolute Gasteiger partial charge is 0.399 e. The standard InChI is InChI=1S/C30H23N/c31-26-19-18-25(29(21-26)23-10-3-1-4-11-23)20-30(24-12-5-2-6-13-24)28-17-9-15-22-14-7-8-16-27(22)28/h1-21H,31H2. The van der Waals surface area contributed by atoms with Gasteiger partial charge in [0.05, 0.1) is 0 Å². The Hall–Kier alpha value is -4.10. The SMILES string of the molecule is Nc1ccc(C=C(c2ccccc2)c2cccc3ccccc23)c(-c2ccccc2)c1. The molecular weight excluding hydrogens is 374 g/mol. The average molecular weight is 398 g/mol. The van der Waals surface area contributed by atoms with E-state index in [2.05, 4.69) is 115 Å². The van der Waals surface area contributed by atoms with E-state index in [0.717, 1.165) is 22.4 Å². The van der Waals surface area contributed by atoms with E-state index < -0.39 is 0 Å². The molecule has 1 nitrogen and oxygen atoms in total. The summed E-state index contributed by atoms with van der Waals surface area (Å²) in [4.78, 5) is 0. The second-order valence-electron chi connectivity index (χ2n) is 7.66. The molecule has 5 rings (SSSR count). The molecule has 1 heteroatoms. The molecule has 0 aliphatic carbocycles. The zero-order valence-electron chi connectivity index (χ0n) is 17.2. The molecule has 2 N–H and O–H groups in total. The second kappa shape index (κ2) is 8.33. The fourth-order valence-electron chi connectivity index (χ4n) is 4.12. The quantitative estimate of drug-likeness (QED) is 0.244. The Bertz CT molecular complexity index is 1360. The first-order chi connectivity index (χ1) is 15.3. The van der Waals surface area contributed by atoms with Crippen molar-refractivity contribution in [3.8, 4) is 11.1 Å². The van der Waals surface area contributed by atoms with Crippen LogP contribution in [0.5, 0.6) is 0 Å². The number of benzene rings is 5. The van der Waals surface area contributed by atoms with Gasteiger partial charge in [-0.2, -0.15) is 0 Å². The highest BCUT2D eigenvalue weighted by molar-refractivity contribution is 6.03. The zero-order valence-corrected chi connectivity index (χ0v) is 17.2. The van der Waals surface area contributed by atoms with Gasteiger partial charge in [-0.25, -0.2) is 0 Å². The van der Waals surface area contributed by atoms with Gasteiger partial charge in [0.15, 0.2) is 0 Å². The molecule has 0 aliphatic rings. The van der Waals surface area contributed by atoms with Crippen molar-refractivity contribution >= 4 is 28.1 Å². The molecule has 148 valence electrons. The van der Waals surface area contributed by atoms with Crippen LogP contribution in [0.15, 0.2) is 121 Å². The van der Waals surface area contributed by atoms with Gasteiger partial charge in [-0.15, -0.1) is 0 Å². The fourth-order valence-corrected chi connectivity index (χ4v) is 4.12. The van der Waals surface area contributed by atoms with Gasteiger partial charge < -0.3 is 5.73 Å². The van der Waals surface area contributed by atoms with Crippen LogP contribution in [0.2, 0.25) is 0 Å². The molecule has 0 bridgehead atoms. The van der Waals surface area contributed by atoms with Crippen molar-refractivity contribution in [2.24, 2.45) is 0 Å². The summed E-state index contributed by atoms with van der Waals surface area (Å²) < 4.78 is 0. The van der Waals surface area contributed by atoms with Crippen LogP contribution in [0.25, 0.3) is 33.5 Å². The van der Waals surface area contributed by atoms with E-state index in [0.29, 0.717) is 0 Å². The van der Waals surface area contributed by atoms with Crippen molar-refractivity contribution in [2.45, 2.75) is 0 Å². The molecule has 0 atom stereocenters. The smallest absolute Gasteiger partial charge is 0.0320 e. The Morgan fingerprint density at radius 2 is 1.29 bits per heavy atom. The molecule has 5 aromatic rings. The Morgan fingerprint density at radius 1 is 0.613 bits per heavy atom. The third-order valence-electron chi connectivity index (χ3n) is 5.63. The first-order valence-electron chi connectivity index (χ1n) is 10.5. The topological polar surface area (TPSA) is 26.0 Å². The van der Waals surface area contributed by atoms with Gasteiger partial charge in [-0.1, -0.05) is 109 Å². The van der Waals surface area contributed by atoms with Crippen LogP contribution < -0.4 is 5.73 Å². The summed E-state index contributed by atoms with van der Waals surface area (Å²) in [6.45, 7) is 0. The van der Waals surface area contributed by atoms with E-state index in [1.807, 2.05) is 12.1 Å². The van der Waals surface area contributed by atoms with Gasteiger partial charge in [-0.05, 0) is 62.4 Å². The minimum atomic E-state index is 0.766. The Labute approximate surface area is 183 Å². The Balaban J connectivity index is 1.78. The van der Waals surface area contributed by atoms with Crippen LogP contribution >= 0.6 is 0 Å². The minimum Gasteiger partial charge on any atom is -0.399 e. The van der Waals surface area contributed by atoms with Crippen LogP contribution in [-0.4, -0.2) is 0 Å². The van der Waals surface area contributed by atoms with E-state index in [-0.39, 0.29) is 0 Å². The second-order valence-corrected chi connectivity index (χ2v) is 7.66. The molecule has 0 saturated heterocycles. The zero-order chi connectivity index (χ0) is 21.0. The number of nitrogens with two attached hydrogens (primary N) is 1. The van der Waals surface area contributed by atoms with E-state index >= 15 is 0 Å². The fraction of sp³-hybridized carbons (Fsp3) is 0. The van der Waals surface area contributed by atoms with E-state index in [1.165, 1.54) is 27.5 Å². The Kier molecular flexibility index (Phi) is 5.08. The van der Waals surface area contributed by atoms with Crippen molar-refractivity contribution in [2.75, 3.05) is 5.73 Å². The number of nitrogen functional groups attached to an aromatic ring is 1. The average Bonchev–Trinajstić information content (AvgIpc) is 2.84. The maximum Gasteiger partial charge on any atom is 0.0320 e. The van der Waals surface area contributed by atoms with Crippen LogP contribution in [0.4, 0.5) is 5.69 Å². The van der Waals surface area contributed by atoms with Crippen molar-refractivity contribution in [3.05, 3.63) is 138 Å². The van der Waals surface area contributed by atoms with Crippen molar-refractivity contribution in [3.63, 3.8) is 0 Å². The molecule has 0 radical (unpaired) electrons. The highest BCUT2D eigenvalue weighted by Crippen LogP contribution is 2.34. The summed E-state index contributed by atoms with van der Waals surface area (Å²) in [5.74, 6) is 0. The predicted molar refractivity (Wildman–Crippen MR) is 134 cm³/mol. The van der Waals surface area contributed by atoms with Crippen LogP contribution in [0.3, 0.4) is 0 Å². The minimum absolute atomic E-state index is 0.766. The summed E-state index contributed by atoms with van der Waals surface area (Å²) in [5, 5.41) is 2.49. The van der Waals surface area contributed by atoms with Gasteiger partial charge in [-0.3, -0.25) is 0 Å². The van der Waals surface area contributed by atoms with Crippen molar-refractivity contribution < 1.29 is 0 Å². The predicted octanol–water partition coefficient (Wildman–Crippen LogP) is 7.68. The molecule has 0 spiro atoms. The summed E-state index contributed by atoms with van der Waals surface area (Å²) in [6.07, 6.45) is 2.29. The van der Waals surface area contributed by atoms with Crippen molar-refractivity contribution in [1.82, 2.24) is 0 Å². The summed E-state index contributed by atoms with van der Waals surface area (Å²) in [6, 6.07) is 42.2. The lowest BCUT2D eigenvalue weighted by molar-refractivity contribution is 1.56. The first-order valence-corrected chi connectivity index (χ1v) is 10.5. The van der Waals surface area contributed by atoms with Gasteiger partial charge >= 0.3 is 0 Å². The monoisotopic (exact) mass is 397 g/mol. The summed E-state index contributed by atoms with van der Waals surface area (Å²) >= 11 is 0. The molecule has 5 aromatic carbocycles. The number of anilines is 1. The van der Waals surface area contributed by atoms with Gasteiger partial charge in [0.1, 0.15) is 0 Å². The highest BCUT2D eigenvalue weighted by Gasteiger charge is 2.11. The molecular formula is C30H23N. The molecule has 0 unspecified atom stereocenters. The van der Waals surface area contributed by atoms with E-state index in [1.54, 1.807) is 0 Å². The highest BCUT2D eigenvalue weighted by atomic mass is 14.5. The molecule has 0 saturated carbocycles. The van der Waals surface area contributed by atoms with Crippen LogP contribution in [0, 0.1) is 0 Å². The molecule has 0 heterocycles. The maximum absolute atomic E-state index is 6.17. The lowest BCUT2D eigenvalue weighted by Crippen LogP contribution is -1.93. The van der Waals surface area contributed by atoms with Gasteiger partial charge in [0.2, 0.25) is 0 Å². The van der Waals surface area contributed by atoms with Gasteiger partial charge in [0.25, 0.3) is 0 Å². The van der Waals surface area contributed by atoms with Crippen molar-refractivity contribution in [1.29, 1.82) is 0 Å². The number of hydrogen-bond donors (Lipinski definition) is 1. The van der Waals surface area contributed by atoms with Gasteiger partial charge in [0, 0.05) is 5.69 Å². The van der Waals surface area contributed by atoms with Crippen LogP contribution in [0.1, 0.15) is 16.7 Å². The lowest BCUT2D eigenvalue weighted by Gasteiger charge is -2.14. The number of fused-ring (bicyclic) bond motifs is 1. The molecule has 0 fully saturated rings. The molecule has 0 aromatic heterocycles. The number of rotatable bonds is 4. The third kappa shape index (κ3) is 3.86. The molecule has 0 aliphatic heterocycles. The normalized spacial score (nSPS) is 11.5. The van der Waals surface area contributed by atoms with E-state index in [9.17, 15) is 0 Å². The lowest BCUT2D eigenvalue weighted by atomic mass is 9.90. The summed E-state index contributed by atoms with van der Waals surface area (Å²) in [5.41, 5.74) is 14.0. The summed E-state index contributed by atoms with van der Waals surface area (Å²) in [7, 11) is 0.